The van der Waals surface area contributed by atoms with Crippen LogP contribution >= 0.6 is 11.6 Å². The zero-order chi connectivity index (χ0) is 10.4. The number of amides is 1. The first kappa shape index (κ1) is 11.7. The predicted octanol–water partition coefficient (Wildman–Crippen LogP) is 0.410. The number of carbonyl (C=O) groups is 2. The van der Waals surface area contributed by atoms with E-state index in [1.54, 1.807) is 0 Å². The van der Waals surface area contributed by atoms with Crippen molar-refractivity contribution < 1.29 is 19.4 Å². The number of hydrogen-bond donors (Lipinski definition) is 2. The Morgan fingerprint density at radius 1 is 1.62 bits per heavy atom. The summed E-state index contributed by atoms with van der Waals surface area (Å²) in [5.41, 5.74) is 2.02. The Hall–Kier alpha value is -1.30. The zero-order valence-corrected chi connectivity index (χ0v) is 7.83. The van der Waals surface area contributed by atoms with Gasteiger partial charge in [-0.1, -0.05) is 0 Å². The fourth-order valence-electron chi connectivity index (χ4n) is 0.415. The number of ether oxygens (including phenoxy) is 1. The van der Waals surface area contributed by atoms with Gasteiger partial charge in [-0.25, -0.2) is 10.2 Å². The van der Waals surface area contributed by atoms with E-state index in [-0.39, 0.29) is 5.71 Å². The van der Waals surface area contributed by atoms with Crippen LogP contribution in [0.15, 0.2) is 5.10 Å². The third kappa shape index (κ3) is 4.32. The Bertz CT molecular complexity index is 241. The van der Waals surface area contributed by atoms with E-state index >= 15 is 0 Å². The van der Waals surface area contributed by atoms with Crippen LogP contribution in [0.25, 0.3) is 0 Å². The number of nitrogens with zero attached hydrogens (tertiary/aromatic N) is 1. The number of nitrogens with one attached hydrogen (secondary N) is 1. The van der Waals surface area contributed by atoms with E-state index in [0.717, 1.165) is 7.11 Å². The Morgan fingerprint density at radius 2 is 2.15 bits per heavy atom. The molecule has 0 saturated heterocycles. The number of alkyl halides is 1. The highest BCUT2D eigenvalue weighted by molar-refractivity contribution is 6.41. The molecule has 7 heteroatoms. The molecular weight excluding hydrogens is 200 g/mol. The van der Waals surface area contributed by atoms with Crippen LogP contribution in [0.4, 0.5) is 4.79 Å². The van der Waals surface area contributed by atoms with Crippen molar-refractivity contribution in [2.75, 3.05) is 7.11 Å². The van der Waals surface area contributed by atoms with Gasteiger partial charge in [0.25, 0.3) is 0 Å². The standard InChI is InChI=1S/C6H9ClN2O4/c1-3(4(7)5(10)11)8-9-6(12)13-2/h4H,1-2H3,(H,9,12)(H,10,11)/b8-3+. The fraction of sp³-hybridized carbons (Fsp3) is 0.500. The molecule has 0 aliphatic heterocycles. The maximum absolute atomic E-state index is 10.5. The minimum absolute atomic E-state index is 0.0690. The molecule has 74 valence electrons. The molecule has 0 aromatic rings. The van der Waals surface area contributed by atoms with Gasteiger partial charge in [0.05, 0.1) is 12.8 Å². The van der Waals surface area contributed by atoms with Crippen molar-refractivity contribution >= 4 is 29.4 Å². The van der Waals surface area contributed by atoms with Crippen LogP contribution in [0.2, 0.25) is 0 Å². The van der Waals surface area contributed by atoms with E-state index in [0.29, 0.717) is 0 Å². The predicted molar refractivity (Wildman–Crippen MR) is 45.9 cm³/mol. The molecule has 2 N–H and O–H groups in total. The second-order valence-corrected chi connectivity index (χ2v) is 2.49. The lowest BCUT2D eigenvalue weighted by molar-refractivity contribution is -0.135. The number of rotatable bonds is 3. The van der Waals surface area contributed by atoms with Crippen LogP contribution in [-0.4, -0.2) is 35.4 Å². The van der Waals surface area contributed by atoms with E-state index in [4.69, 9.17) is 16.7 Å². The summed E-state index contributed by atoms with van der Waals surface area (Å²) < 4.78 is 4.19. The molecule has 0 aromatic heterocycles. The Morgan fingerprint density at radius 3 is 2.54 bits per heavy atom. The molecular formula is C6H9ClN2O4. The van der Waals surface area contributed by atoms with Crippen LogP contribution < -0.4 is 5.43 Å². The lowest BCUT2D eigenvalue weighted by atomic mass is 10.3. The third-order valence-electron chi connectivity index (χ3n) is 1.09. The fourth-order valence-corrected chi connectivity index (χ4v) is 0.464. The number of aliphatic carboxylic acids is 1. The van der Waals surface area contributed by atoms with E-state index in [9.17, 15) is 9.59 Å². The van der Waals surface area contributed by atoms with Crippen molar-refractivity contribution in [3.8, 4) is 0 Å². The van der Waals surface area contributed by atoms with Gasteiger partial charge in [-0.2, -0.15) is 5.10 Å². The maximum atomic E-state index is 10.5. The summed E-state index contributed by atoms with van der Waals surface area (Å²) >= 11 is 5.37. The molecule has 0 aromatic carbocycles. The smallest absolute Gasteiger partial charge is 0.427 e. The second kappa shape index (κ2) is 5.36. The summed E-state index contributed by atoms with van der Waals surface area (Å²) in [6.07, 6.45) is -0.784. The molecule has 1 unspecified atom stereocenters. The van der Waals surface area contributed by atoms with Gasteiger partial charge in [0.15, 0.2) is 5.38 Å². The number of halogens is 1. The van der Waals surface area contributed by atoms with Crippen molar-refractivity contribution in [3.05, 3.63) is 0 Å². The normalized spacial score (nSPS) is 13.3. The first-order valence-electron chi connectivity index (χ1n) is 3.24. The summed E-state index contributed by atoms with van der Waals surface area (Å²) in [6.45, 7) is 1.38. The number of carboxylic acid groups (broad SMARTS) is 1. The van der Waals surface area contributed by atoms with Crippen LogP contribution in [0, 0.1) is 0 Å². The van der Waals surface area contributed by atoms with Crippen molar-refractivity contribution in [2.24, 2.45) is 5.10 Å². The lowest BCUT2D eigenvalue weighted by Crippen LogP contribution is -2.26. The Labute approximate surface area is 79.5 Å². The van der Waals surface area contributed by atoms with Crippen LogP contribution in [0.3, 0.4) is 0 Å². The molecule has 13 heavy (non-hydrogen) atoms. The van der Waals surface area contributed by atoms with Gasteiger partial charge in [-0.05, 0) is 6.92 Å². The average Bonchev–Trinajstić information content (AvgIpc) is 2.11. The van der Waals surface area contributed by atoms with Crippen molar-refractivity contribution in [2.45, 2.75) is 12.3 Å². The van der Waals surface area contributed by atoms with Gasteiger partial charge in [0, 0.05) is 0 Å². The molecule has 0 saturated carbocycles. The first-order valence-corrected chi connectivity index (χ1v) is 3.67. The van der Waals surface area contributed by atoms with E-state index in [1.807, 2.05) is 5.43 Å². The minimum atomic E-state index is -1.25. The van der Waals surface area contributed by atoms with Gasteiger partial charge < -0.3 is 9.84 Å². The molecule has 0 spiro atoms. The monoisotopic (exact) mass is 208 g/mol. The van der Waals surface area contributed by atoms with Crippen molar-refractivity contribution in [1.29, 1.82) is 0 Å². The summed E-state index contributed by atoms with van der Waals surface area (Å²) in [5.74, 6) is -1.23. The van der Waals surface area contributed by atoms with E-state index < -0.39 is 17.4 Å². The molecule has 1 atom stereocenters. The molecule has 1 amide bonds. The topological polar surface area (TPSA) is 88.0 Å². The third-order valence-corrected chi connectivity index (χ3v) is 1.60. The largest absolute Gasteiger partial charge is 0.480 e. The molecule has 0 aliphatic carbocycles. The van der Waals surface area contributed by atoms with Crippen LogP contribution in [0.5, 0.6) is 0 Å². The highest BCUT2D eigenvalue weighted by atomic mass is 35.5. The number of hydrogen-bond acceptors (Lipinski definition) is 4. The van der Waals surface area contributed by atoms with Crippen LogP contribution in [-0.2, 0) is 9.53 Å². The van der Waals surface area contributed by atoms with Gasteiger partial charge in [-0.15, -0.1) is 11.6 Å². The summed E-state index contributed by atoms with van der Waals surface area (Å²) in [6, 6.07) is 0. The Balaban J connectivity index is 4.16. The average molecular weight is 209 g/mol. The number of carbonyl (C=O) groups excluding carboxylic acids is 1. The van der Waals surface area contributed by atoms with Crippen molar-refractivity contribution in [1.82, 2.24) is 5.43 Å². The maximum Gasteiger partial charge on any atom is 0.427 e. The van der Waals surface area contributed by atoms with E-state index in [2.05, 4.69) is 9.84 Å². The molecule has 0 aliphatic rings. The van der Waals surface area contributed by atoms with Gasteiger partial charge in [0.1, 0.15) is 0 Å². The molecule has 0 radical (unpaired) electrons. The molecule has 0 rings (SSSR count). The highest BCUT2D eigenvalue weighted by Gasteiger charge is 2.17. The van der Waals surface area contributed by atoms with Crippen LogP contribution in [0.1, 0.15) is 6.92 Å². The van der Waals surface area contributed by atoms with Gasteiger partial charge in [-0.3, -0.25) is 4.79 Å². The van der Waals surface area contributed by atoms with E-state index in [1.165, 1.54) is 6.92 Å². The molecule has 0 fully saturated rings. The molecule has 6 nitrogen and oxygen atoms in total. The summed E-state index contributed by atoms with van der Waals surface area (Å²) in [7, 11) is 1.16. The van der Waals surface area contributed by atoms with Gasteiger partial charge >= 0.3 is 12.1 Å². The summed E-state index contributed by atoms with van der Waals surface area (Å²) in [5, 5.41) is 10.6. The SMILES string of the molecule is COC(=O)N/N=C(\C)C(Cl)C(=O)O. The summed E-state index contributed by atoms with van der Waals surface area (Å²) in [4.78, 5) is 20.8. The van der Waals surface area contributed by atoms with Crippen molar-refractivity contribution in [3.63, 3.8) is 0 Å². The quantitative estimate of drug-likeness (QED) is 0.400. The zero-order valence-electron chi connectivity index (χ0n) is 7.07. The minimum Gasteiger partial charge on any atom is -0.480 e. The number of methoxy groups -OCH3 is 1. The highest BCUT2D eigenvalue weighted by Crippen LogP contribution is 1.98. The lowest BCUT2D eigenvalue weighted by Gasteiger charge is -2.03. The number of carboxylic acids is 1. The van der Waals surface area contributed by atoms with Gasteiger partial charge in [0.2, 0.25) is 0 Å². The molecule has 0 heterocycles. The Kier molecular flexibility index (Phi) is 4.83. The molecule has 0 bridgehead atoms. The second-order valence-electron chi connectivity index (χ2n) is 2.06. The number of hydrazone groups is 1. The first-order chi connectivity index (χ1) is 5.99.